The van der Waals surface area contributed by atoms with Crippen LogP contribution in [0.5, 0.6) is 0 Å². The molecule has 92 valence electrons. The molecule has 0 spiro atoms. The second kappa shape index (κ2) is 4.28. The van der Waals surface area contributed by atoms with Crippen LogP contribution in [0.2, 0.25) is 0 Å². The van der Waals surface area contributed by atoms with Crippen LogP contribution in [0.25, 0.3) is 0 Å². The summed E-state index contributed by atoms with van der Waals surface area (Å²) in [5, 5.41) is 0. The minimum atomic E-state index is 0.120. The quantitative estimate of drug-likeness (QED) is 0.732. The fraction of sp³-hybridized carbons (Fsp3) is 1.00. The zero-order chi connectivity index (χ0) is 11.0. The third-order valence-corrected chi connectivity index (χ3v) is 4.60. The van der Waals surface area contributed by atoms with Crippen LogP contribution in [0.15, 0.2) is 0 Å². The number of hydrogen-bond acceptors (Lipinski definition) is 3. The van der Waals surface area contributed by atoms with Crippen molar-refractivity contribution >= 4 is 0 Å². The van der Waals surface area contributed by atoms with Gasteiger partial charge in [-0.25, -0.2) is 0 Å². The molecular formula is C13H23NO2. The summed E-state index contributed by atoms with van der Waals surface area (Å²) >= 11 is 0. The Hall–Kier alpha value is -0.120. The van der Waals surface area contributed by atoms with E-state index in [2.05, 4.69) is 11.8 Å². The molecule has 1 saturated heterocycles. The van der Waals surface area contributed by atoms with Gasteiger partial charge in [-0.3, -0.25) is 4.90 Å². The van der Waals surface area contributed by atoms with Gasteiger partial charge in [0.05, 0.1) is 13.2 Å². The van der Waals surface area contributed by atoms with Gasteiger partial charge in [-0.15, -0.1) is 0 Å². The predicted octanol–water partition coefficient (Wildman–Crippen LogP) is 1.87. The van der Waals surface area contributed by atoms with E-state index in [1.165, 1.54) is 25.7 Å². The van der Waals surface area contributed by atoms with Crippen molar-refractivity contribution in [1.82, 2.24) is 4.90 Å². The van der Waals surface area contributed by atoms with E-state index in [0.29, 0.717) is 0 Å². The molecule has 2 aliphatic carbocycles. The Bertz CT molecular complexity index is 238. The zero-order valence-electron chi connectivity index (χ0n) is 10.3. The number of morpholine rings is 1. The molecule has 0 aromatic heterocycles. The van der Waals surface area contributed by atoms with Crippen LogP contribution in [0.1, 0.15) is 32.6 Å². The van der Waals surface area contributed by atoms with Gasteiger partial charge < -0.3 is 9.47 Å². The molecule has 0 bridgehead atoms. The third kappa shape index (κ3) is 1.52. The van der Waals surface area contributed by atoms with Gasteiger partial charge in [-0.2, -0.15) is 0 Å². The summed E-state index contributed by atoms with van der Waals surface area (Å²) in [5.74, 6) is 1.64. The van der Waals surface area contributed by atoms with E-state index in [1.807, 2.05) is 0 Å². The Kier molecular flexibility index (Phi) is 2.94. The molecule has 16 heavy (non-hydrogen) atoms. The summed E-state index contributed by atoms with van der Waals surface area (Å²) in [6.45, 7) is 6.87. The van der Waals surface area contributed by atoms with Gasteiger partial charge in [0.15, 0.2) is 0 Å². The molecule has 3 heteroatoms. The number of fused-ring (bicyclic) bond motifs is 1. The molecule has 0 aromatic rings. The SMILES string of the molecule is CCOC1(N2CCOCC2)[C@@H]2CCCC[C@@H]21. The number of rotatable bonds is 3. The van der Waals surface area contributed by atoms with E-state index in [0.717, 1.165) is 44.7 Å². The van der Waals surface area contributed by atoms with Gasteiger partial charge in [-0.05, 0) is 19.8 Å². The minimum absolute atomic E-state index is 0.120. The number of nitrogens with zero attached hydrogens (tertiary/aromatic N) is 1. The smallest absolute Gasteiger partial charge is 0.128 e. The molecule has 0 amide bonds. The first kappa shape index (κ1) is 11.0. The Morgan fingerprint density at radius 3 is 2.38 bits per heavy atom. The molecule has 1 aliphatic heterocycles. The molecule has 3 nitrogen and oxygen atoms in total. The molecule has 3 atom stereocenters. The van der Waals surface area contributed by atoms with Crippen LogP contribution in [0.4, 0.5) is 0 Å². The molecule has 1 unspecified atom stereocenters. The maximum Gasteiger partial charge on any atom is 0.128 e. The van der Waals surface area contributed by atoms with Crippen molar-refractivity contribution in [3.8, 4) is 0 Å². The molecule has 2 saturated carbocycles. The average molecular weight is 225 g/mol. The zero-order valence-corrected chi connectivity index (χ0v) is 10.3. The molecule has 1 heterocycles. The summed E-state index contributed by atoms with van der Waals surface area (Å²) in [6, 6.07) is 0. The summed E-state index contributed by atoms with van der Waals surface area (Å²) < 4.78 is 11.7. The van der Waals surface area contributed by atoms with Crippen molar-refractivity contribution in [2.24, 2.45) is 11.8 Å². The lowest BCUT2D eigenvalue weighted by Gasteiger charge is -2.36. The number of ether oxygens (including phenoxy) is 2. The van der Waals surface area contributed by atoms with Crippen LogP contribution in [-0.4, -0.2) is 43.5 Å². The summed E-state index contributed by atoms with van der Waals surface area (Å²) in [5.41, 5.74) is 0.120. The fourth-order valence-electron chi connectivity index (χ4n) is 3.96. The topological polar surface area (TPSA) is 21.7 Å². The van der Waals surface area contributed by atoms with Gasteiger partial charge in [0, 0.05) is 31.5 Å². The Balaban J connectivity index is 1.75. The van der Waals surface area contributed by atoms with E-state index in [4.69, 9.17) is 9.47 Å². The second-order valence-corrected chi connectivity index (χ2v) is 5.28. The van der Waals surface area contributed by atoms with E-state index in [1.54, 1.807) is 0 Å². The van der Waals surface area contributed by atoms with E-state index >= 15 is 0 Å². The molecule has 3 rings (SSSR count). The van der Waals surface area contributed by atoms with Gasteiger partial charge >= 0.3 is 0 Å². The van der Waals surface area contributed by atoms with E-state index < -0.39 is 0 Å². The lowest BCUT2D eigenvalue weighted by molar-refractivity contribution is -0.128. The van der Waals surface area contributed by atoms with E-state index in [-0.39, 0.29) is 5.72 Å². The third-order valence-electron chi connectivity index (χ3n) is 4.60. The van der Waals surface area contributed by atoms with Crippen molar-refractivity contribution in [3.05, 3.63) is 0 Å². The van der Waals surface area contributed by atoms with Crippen LogP contribution in [-0.2, 0) is 9.47 Å². The van der Waals surface area contributed by atoms with E-state index in [9.17, 15) is 0 Å². The Morgan fingerprint density at radius 2 is 1.81 bits per heavy atom. The Morgan fingerprint density at radius 1 is 1.19 bits per heavy atom. The lowest BCUT2D eigenvalue weighted by Crippen LogP contribution is -2.48. The van der Waals surface area contributed by atoms with Crippen molar-refractivity contribution in [1.29, 1.82) is 0 Å². The maximum atomic E-state index is 6.20. The van der Waals surface area contributed by atoms with Gasteiger partial charge in [0.2, 0.25) is 0 Å². The minimum Gasteiger partial charge on any atom is -0.379 e. The van der Waals surface area contributed by atoms with Crippen LogP contribution in [0.3, 0.4) is 0 Å². The second-order valence-electron chi connectivity index (χ2n) is 5.28. The molecule has 0 N–H and O–H groups in total. The lowest BCUT2D eigenvalue weighted by atomic mass is 10.0. The summed E-state index contributed by atoms with van der Waals surface area (Å²) in [4.78, 5) is 2.57. The van der Waals surface area contributed by atoms with Gasteiger partial charge in [-0.1, -0.05) is 12.8 Å². The average Bonchev–Trinajstić information content (AvgIpc) is 3.01. The van der Waals surface area contributed by atoms with Crippen molar-refractivity contribution in [3.63, 3.8) is 0 Å². The standard InChI is InChI=1S/C13H23NO2/c1-2-16-13(14-7-9-15-10-8-14)11-5-3-4-6-12(11)13/h11-12H,2-10H2,1H3/t11-,12+,13?. The highest BCUT2D eigenvalue weighted by atomic mass is 16.5. The highest BCUT2D eigenvalue weighted by Gasteiger charge is 2.68. The number of hydrogen-bond donors (Lipinski definition) is 0. The predicted molar refractivity (Wildman–Crippen MR) is 62.2 cm³/mol. The molecule has 0 aromatic carbocycles. The molecule has 0 radical (unpaired) electrons. The summed E-state index contributed by atoms with van der Waals surface area (Å²) in [7, 11) is 0. The normalized spacial score (nSPS) is 44.1. The summed E-state index contributed by atoms with van der Waals surface area (Å²) in [6.07, 6.45) is 5.56. The first-order valence-corrected chi connectivity index (χ1v) is 6.86. The highest BCUT2D eigenvalue weighted by molar-refractivity contribution is 5.14. The fourth-order valence-corrected chi connectivity index (χ4v) is 3.96. The Labute approximate surface area is 98.1 Å². The molecule has 3 aliphatic rings. The first-order chi connectivity index (χ1) is 7.89. The van der Waals surface area contributed by atoms with Crippen molar-refractivity contribution in [2.75, 3.05) is 32.9 Å². The maximum absolute atomic E-state index is 6.20. The molecule has 3 fully saturated rings. The van der Waals surface area contributed by atoms with Crippen LogP contribution >= 0.6 is 0 Å². The molecular weight excluding hydrogens is 202 g/mol. The highest BCUT2D eigenvalue weighted by Crippen LogP contribution is 2.62. The van der Waals surface area contributed by atoms with Gasteiger partial charge in [0.25, 0.3) is 0 Å². The van der Waals surface area contributed by atoms with Crippen molar-refractivity contribution < 1.29 is 9.47 Å². The monoisotopic (exact) mass is 225 g/mol. The van der Waals surface area contributed by atoms with Crippen molar-refractivity contribution in [2.45, 2.75) is 38.3 Å². The first-order valence-electron chi connectivity index (χ1n) is 6.86. The van der Waals surface area contributed by atoms with Gasteiger partial charge in [0.1, 0.15) is 5.72 Å². The van der Waals surface area contributed by atoms with Crippen LogP contribution < -0.4 is 0 Å². The largest absolute Gasteiger partial charge is 0.379 e. The van der Waals surface area contributed by atoms with Crippen LogP contribution in [0, 0.1) is 11.8 Å².